The van der Waals surface area contributed by atoms with Crippen molar-refractivity contribution in [1.82, 2.24) is 15.6 Å². The predicted octanol–water partition coefficient (Wildman–Crippen LogP) is 1.82. The van der Waals surface area contributed by atoms with Crippen LogP contribution in [0.15, 0.2) is 17.1 Å². The van der Waals surface area contributed by atoms with Crippen LogP contribution in [0.25, 0.3) is 0 Å². The molecule has 0 radical (unpaired) electrons. The molecule has 4 N–H and O–H groups in total. The van der Waals surface area contributed by atoms with Gasteiger partial charge in [-0.2, -0.15) is 13.2 Å². The molecule has 0 unspecified atom stereocenters. The first-order valence-electron chi connectivity index (χ1n) is 7.22. The molecule has 1 aromatic rings. The fraction of sp³-hybridized carbons (Fsp3) is 0.500. The second-order valence-electron chi connectivity index (χ2n) is 5.27. The van der Waals surface area contributed by atoms with Crippen molar-refractivity contribution >= 4 is 17.6 Å². The summed E-state index contributed by atoms with van der Waals surface area (Å²) in [4.78, 5) is 36.9. The topological polar surface area (TPSA) is 103 Å². The van der Waals surface area contributed by atoms with Gasteiger partial charge in [-0.05, 0) is 26.3 Å². The van der Waals surface area contributed by atoms with E-state index in [4.69, 9.17) is 0 Å². The fourth-order valence-corrected chi connectivity index (χ4v) is 1.63. The van der Waals surface area contributed by atoms with E-state index in [9.17, 15) is 27.6 Å². The van der Waals surface area contributed by atoms with Crippen molar-refractivity contribution in [3.63, 3.8) is 0 Å². The highest BCUT2D eigenvalue weighted by molar-refractivity contribution is 5.93. The van der Waals surface area contributed by atoms with Crippen molar-refractivity contribution in [2.24, 2.45) is 0 Å². The maximum Gasteiger partial charge on any atom is 0.417 e. The number of carbonyl (C=O) groups is 2. The molecule has 0 aliphatic rings. The minimum absolute atomic E-state index is 0.0869. The molecule has 0 bridgehead atoms. The Bertz CT molecular complexity index is 657. The predicted molar refractivity (Wildman–Crippen MR) is 81.6 cm³/mol. The van der Waals surface area contributed by atoms with Gasteiger partial charge >= 0.3 is 12.2 Å². The van der Waals surface area contributed by atoms with Crippen LogP contribution < -0.4 is 21.5 Å². The maximum atomic E-state index is 12.6. The van der Waals surface area contributed by atoms with E-state index >= 15 is 0 Å². The van der Waals surface area contributed by atoms with Gasteiger partial charge in [0, 0.05) is 12.2 Å². The number of hydrogen-bond acceptors (Lipinski definition) is 3. The summed E-state index contributed by atoms with van der Waals surface area (Å²) < 4.78 is 37.8. The number of nitrogens with one attached hydrogen (secondary N) is 4. The van der Waals surface area contributed by atoms with Gasteiger partial charge in [0.2, 0.25) is 5.91 Å². The third-order valence-corrected chi connectivity index (χ3v) is 3.22. The molecule has 3 amide bonds. The molecule has 0 saturated heterocycles. The molecule has 0 aliphatic carbocycles. The Hall–Kier alpha value is -2.52. The lowest BCUT2D eigenvalue weighted by atomic mass is 10.2. The van der Waals surface area contributed by atoms with E-state index in [2.05, 4.69) is 10.6 Å². The molecule has 0 spiro atoms. The summed E-state index contributed by atoms with van der Waals surface area (Å²) >= 11 is 0. The van der Waals surface area contributed by atoms with Crippen LogP contribution in [0.5, 0.6) is 0 Å². The van der Waals surface area contributed by atoms with Gasteiger partial charge in [0.25, 0.3) is 5.56 Å². The van der Waals surface area contributed by atoms with E-state index in [1.54, 1.807) is 6.92 Å². The summed E-state index contributed by atoms with van der Waals surface area (Å²) in [6, 6.07) is -1.46. The van der Waals surface area contributed by atoms with Crippen molar-refractivity contribution in [2.45, 2.75) is 45.5 Å². The van der Waals surface area contributed by atoms with Crippen LogP contribution in [0, 0.1) is 0 Å². The lowest BCUT2D eigenvalue weighted by molar-refractivity contribution is -0.137. The van der Waals surface area contributed by atoms with Gasteiger partial charge in [-0.3, -0.25) is 9.59 Å². The average Bonchev–Trinajstić information content (AvgIpc) is 2.47. The van der Waals surface area contributed by atoms with Gasteiger partial charge in [-0.25, -0.2) is 4.79 Å². The molecule has 0 aliphatic heterocycles. The number of aromatic nitrogens is 1. The molecule has 2 atom stereocenters. The SMILES string of the molecule is CC[C@@H](C)NC(=O)[C@H](C)NC(=O)Nc1cc(C(F)(F)F)c[nH]c1=O. The van der Waals surface area contributed by atoms with Crippen LogP contribution in [0.2, 0.25) is 0 Å². The van der Waals surface area contributed by atoms with Crippen molar-refractivity contribution in [2.75, 3.05) is 5.32 Å². The standard InChI is InChI=1S/C14H19F3N4O3/c1-4-7(2)19-11(22)8(3)20-13(24)21-10-5-9(14(15,16)17)6-18-12(10)23/h5-8H,4H2,1-3H3,(H,18,23)(H,19,22)(H2,20,21,24)/t7-,8+/m1/s1. The third kappa shape index (κ3) is 5.60. The molecule has 1 heterocycles. The Morgan fingerprint density at radius 1 is 1.25 bits per heavy atom. The van der Waals surface area contributed by atoms with Crippen molar-refractivity contribution in [1.29, 1.82) is 0 Å². The van der Waals surface area contributed by atoms with Gasteiger partial charge in [0.1, 0.15) is 11.7 Å². The number of alkyl halides is 3. The summed E-state index contributed by atoms with van der Waals surface area (Å²) in [7, 11) is 0. The van der Waals surface area contributed by atoms with Gasteiger partial charge in [-0.15, -0.1) is 0 Å². The number of aromatic amines is 1. The van der Waals surface area contributed by atoms with Crippen LogP contribution in [0.4, 0.5) is 23.7 Å². The van der Waals surface area contributed by atoms with E-state index in [1.807, 2.05) is 17.2 Å². The molecular weight excluding hydrogens is 329 g/mol. The Labute approximate surface area is 136 Å². The number of urea groups is 1. The van der Waals surface area contributed by atoms with Crippen LogP contribution >= 0.6 is 0 Å². The van der Waals surface area contributed by atoms with Crippen LogP contribution in [-0.4, -0.2) is 29.0 Å². The molecule has 10 heteroatoms. The lowest BCUT2D eigenvalue weighted by Crippen LogP contribution is -2.48. The zero-order valence-electron chi connectivity index (χ0n) is 13.4. The Morgan fingerprint density at radius 3 is 2.42 bits per heavy atom. The number of rotatable bonds is 5. The number of pyridine rings is 1. The zero-order valence-corrected chi connectivity index (χ0v) is 13.4. The van der Waals surface area contributed by atoms with Gasteiger partial charge in [0.15, 0.2) is 0 Å². The molecule has 0 aromatic carbocycles. The van der Waals surface area contributed by atoms with Gasteiger partial charge in [-0.1, -0.05) is 6.92 Å². The van der Waals surface area contributed by atoms with Crippen LogP contribution in [0.1, 0.15) is 32.8 Å². The first-order chi connectivity index (χ1) is 11.0. The Morgan fingerprint density at radius 2 is 1.88 bits per heavy atom. The normalized spacial score (nSPS) is 13.8. The minimum Gasteiger partial charge on any atom is -0.352 e. The molecule has 1 rings (SSSR count). The van der Waals surface area contributed by atoms with Gasteiger partial charge < -0.3 is 20.9 Å². The van der Waals surface area contributed by atoms with E-state index in [0.717, 1.165) is 0 Å². The highest BCUT2D eigenvalue weighted by Gasteiger charge is 2.31. The highest BCUT2D eigenvalue weighted by atomic mass is 19.4. The first kappa shape index (κ1) is 19.5. The van der Waals surface area contributed by atoms with Crippen molar-refractivity contribution < 1.29 is 22.8 Å². The second kappa shape index (κ2) is 7.84. The molecule has 0 saturated carbocycles. The Balaban J connectivity index is 2.75. The van der Waals surface area contributed by atoms with Crippen molar-refractivity contribution in [3.8, 4) is 0 Å². The lowest BCUT2D eigenvalue weighted by Gasteiger charge is -2.17. The maximum absolute atomic E-state index is 12.6. The quantitative estimate of drug-likeness (QED) is 0.652. The van der Waals surface area contributed by atoms with E-state index in [1.165, 1.54) is 6.92 Å². The number of anilines is 1. The minimum atomic E-state index is -4.67. The molecule has 0 fully saturated rings. The smallest absolute Gasteiger partial charge is 0.352 e. The number of hydrogen-bond donors (Lipinski definition) is 4. The molecule has 134 valence electrons. The summed E-state index contributed by atoms with van der Waals surface area (Å²) in [5.41, 5.74) is -2.58. The number of halogens is 3. The third-order valence-electron chi connectivity index (χ3n) is 3.22. The first-order valence-corrected chi connectivity index (χ1v) is 7.22. The second-order valence-corrected chi connectivity index (χ2v) is 5.27. The van der Waals surface area contributed by atoms with E-state index < -0.39 is 41.0 Å². The van der Waals surface area contributed by atoms with Gasteiger partial charge in [0.05, 0.1) is 5.56 Å². The summed E-state index contributed by atoms with van der Waals surface area (Å²) in [5.74, 6) is -0.447. The number of carbonyl (C=O) groups excluding carboxylic acids is 2. The molecule has 1 aromatic heterocycles. The van der Waals surface area contributed by atoms with E-state index in [-0.39, 0.29) is 6.04 Å². The number of H-pyrrole nitrogens is 1. The zero-order chi connectivity index (χ0) is 18.5. The fourth-order valence-electron chi connectivity index (χ4n) is 1.63. The summed E-state index contributed by atoms with van der Waals surface area (Å²) in [6.45, 7) is 5.07. The highest BCUT2D eigenvalue weighted by Crippen LogP contribution is 2.29. The average molecular weight is 348 g/mol. The number of amides is 3. The Kier molecular flexibility index (Phi) is 6.38. The molecular formula is C14H19F3N4O3. The summed E-state index contributed by atoms with van der Waals surface area (Å²) in [6.07, 6.45) is -3.46. The van der Waals surface area contributed by atoms with Crippen LogP contribution in [-0.2, 0) is 11.0 Å². The largest absolute Gasteiger partial charge is 0.417 e. The molecule has 7 nitrogen and oxygen atoms in total. The molecule has 24 heavy (non-hydrogen) atoms. The summed E-state index contributed by atoms with van der Waals surface area (Å²) in [5, 5.41) is 6.89. The van der Waals surface area contributed by atoms with Crippen LogP contribution in [0.3, 0.4) is 0 Å². The monoisotopic (exact) mass is 348 g/mol. The van der Waals surface area contributed by atoms with Crippen molar-refractivity contribution in [3.05, 3.63) is 28.2 Å². The van der Waals surface area contributed by atoms with E-state index in [0.29, 0.717) is 18.7 Å².